The Bertz CT molecular complexity index is 1040. The van der Waals surface area contributed by atoms with Crippen LogP contribution in [0.1, 0.15) is 41.9 Å². The summed E-state index contributed by atoms with van der Waals surface area (Å²) >= 11 is 6.38. The molecule has 0 aliphatic carbocycles. The van der Waals surface area contributed by atoms with Gasteiger partial charge in [-0.2, -0.15) is 0 Å². The molecule has 2 aliphatic heterocycles. The predicted octanol–water partition coefficient (Wildman–Crippen LogP) is 4.54. The Balaban J connectivity index is 1.62. The Morgan fingerprint density at radius 2 is 1.82 bits per heavy atom. The fraction of sp³-hybridized carbons (Fsp3) is 0.417. The van der Waals surface area contributed by atoms with Gasteiger partial charge in [0, 0.05) is 36.3 Å². The van der Waals surface area contributed by atoms with Gasteiger partial charge in [0.15, 0.2) is 0 Å². The maximum Gasteiger partial charge on any atom is 0.409 e. The average molecular weight is 474 g/mol. The Morgan fingerprint density at radius 3 is 2.48 bits per heavy atom. The van der Waals surface area contributed by atoms with E-state index in [4.69, 9.17) is 25.8 Å². The van der Waals surface area contributed by atoms with Crippen LogP contribution in [0.2, 0.25) is 5.02 Å². The van der Waals surface area contributed by atoms with Crippen LogP contribution >= 0.6 is 11.6 Å². The van der Waals surface area contributed by atoms with E-state index in [1.54, 1.807) is 38.2 Å². The number of carbonyl (C=O) groups excluding carboxylic acids is 2. The minimum absolute atomic E-state index is 0.0312. The molecule has 1 saturated heterocycles. The molecule has 176 valence electrons. The summed E-state index contributed by atoms with van der Waals surface area (Å²) in [7, 11) is 3.12. The number of nitrogens with zero attached hydrogens (tertiary/aromatic N) is 2. The van der Waals surface area contributed by atoms with Crippen molar-refractivity contribution in [3.05, 3.63) is 52.5 Å². The molecular formula is C24H28ClN3O5. The van der Waals surface area contributed by atoms with Gasteiger partial charge in [-0.3, -0.25) is 4.79 Å². The third kappa shape index (κ3) is 4.39. The molecule has 2 aromatic carbocycles. The Kier molecular flexibility index (Phi) is 6.83. The molecule has 0 aromatic heterocycles. The number of benzene rings is 2. The van der Waals surface area contributed by atoms with Crippen molar-refractivity contribution in [2.24, 2.45) is 0 Å². The Morgan fingerprint density at radius 1 is 1.12 bits per heavy atom. The van der Waals surface area contributed by atoms with Crippen LogP contribution in [0.15, 0.2) is 36.4 Å². The Labute approximate surface area is 198 Å². The smallest absolute Gasteiger partial charge is 0.409 e. The normalized spacial score (nSPS) is 18.2. The molecule has 2 amide bonds. The van der Waals surface area contributed by atoms with E-state index >= 15 is 0 Å². The molecule has 0 radical (unpaired) electrons. The number of anilines is 1. The maximum absolute atomic E-state index is 13.4. The number of hydrogen-bond acceptors (Lipinski definition) is 6. The van der Waals surface area contributed by atoms with E-state index in [1.165, 1.54) is 0 Å². The third-order valence-electron chi connectivity index (χ3n) is 6.15. The van der Waals surface area contributed by atoms with Gasteiger partial charge in [0.1, 0.15) is 17.7 Å². The average Bonchev–Trinajstić information content (AvgIpc) is 3.11. The lowest BCUT2D eigenvalue weighted by Gasteiger charge is -2.39. The van der Waals surface area contributed by atoms with Crippen LogP contribution in [0.25, 0.3) is 0 Å². The fourth-order valence-electron chi connectivity index (χ4n) is 4.52. The first-order valence-corrected chi connectivity index (χ1v) is 11.4. The minimum Gasteiger partial charge on any atom is -0.495 e. The molecule has 0 saturated carbocycles. The first-order chi connectivity index (χ1) is 16.0. The number of methoxy groups -OCH3 is 2. The SMILES string of the molecule is CCOC(=O)N1CCC(N2C(=O)c3ccccc3[C@@H]2Nc2cc(Cl)c(OC)cc2OC)CC1. The highest BCUT2D eigenvalue weighted by molar-refractivity contribution is 6.32. The zero-order valence-corrected chi connectivity index (χ0v) is 19.7. The summed E-state index contributed by atoms with van der Waals surface area (Å²) in [5, 5.41) is 3.91. The molecule has 33 heavy (non-hydrogen) atoms. The van der Waals surface area contributed by atoms with E-state index in [9.17, 15) is 9.59 Å². The van der Waals surface area contributed by atoms with Gasteiger partial charge in [-0.1, -0.05) is 29.8 Å². The second-order valence-corrected chi connectivity index (χ2v) is 8.36. The van der Waals surface area contributed by atoms with Crippen molar-refractivity contribution in [1.29, 1.82) is 0 Å². The minimum atomic E-state index is -0.397. The van der Waals surface area contributed by atoms with Crippen molar-refractivity contribution in [2.45, 2.75) is 32.0 Å². The van der Waals surface area contributed by atoms with Crippen molar-refractivity contribution in [3.63, 3.8) is 0 Å². The lowest BCUT2D eigenvalue weighted by molar-refractivity contribution is 0.0496. The van der Waals surface area contributed by atoms with Gasteiger partial charge in [-0.05, 0) is 31.9 Å². The number of hydrogen-bond donors (Lipinski definition) is 1. The van der Waals surface area contributed by atoms with E-state index < -0.39 is 6.17 Å². The number of likely N-dealkylation sites (tertiary alicyclic amines) is 1. The molecule has 1 atom stereocenters. The summed E-state index contributed by atoms with van der Waals surface area (Å²) in [6, 6.07) is 11.0. The van der Waals surface area contributed by atoms with E-state index in [0.29, 0.717) is 60.3 Å². The molecule has 4 rings (SSSR count). The van der Waals surface area contributed by atoms with E-state index in [-0.39, 0.29) is 18.0 Å². The number of ether oxygens (including phenoxy) is 3. The largest absolute Gasteiger partial charge is 0.495 e. The quantitative estimate of drug-likeness (QED) is 0.663. The summed E-state index contributed by atoms with van der Waals surface area (Å²) in [6.45, 7) is 3.21. The molecule has 1 fully saturated rings. The molecule has 0 unspecified atom stereocenters. The topological polar surface area (TPSA) is 80.3 Å². The lowest BCUT2D eigenvalue weighted by atomic mass is 10.0. The summed E-state index contributed by atoms with van der Waals surface area (Å²) in [5.41, 5.74) is 2.22. The maximum atomic E-state index is 13.4. The van der Waals surface area contributed by atoms with Gasteiger partial charge in [-0.15, -0.1) is 0 Å². The van der Waals surface area contributed by atoms with Crippen molar-refractivity contribution >= 4 is 29.3 Å². The second kappa shape index (κ2) is 9.79. The van der Waals surface area contributed by atoms with Crippen LogP contribution in [-0.4, -0.2) is 61.8 Å². The van der Waals surface area contributed by atoms with Crippen molar-refractivity contribution in [3.8, 4) is 11.5 Å². The molecule has 2 heterocycles. The monoisotopic (exact) mass is 473 g/mol. The van der Waals surface area contributed by atoms with Gasteiger partial charge < -0.3 is 29.3 Å². The van der Waals surface area contributed by atoms with E-state index in [0.717, 1.165) is 5.56 Å². The number of piperidine rings is 1. The van der Waals surface area contributed by atoms with Crippen molar-refractivity contribution < 1.29 is 23.8 Å². The highest BCUT2D eigenvalue weighted by Gasteiger charge is 2.42. The van der Waals surface area contributed by atoms with Gasteiger partial charge in [-0.25, -0.2) is 4.79 Å². The van der Waals surface area contributed by atoms with Gasteiger partial charge in [0.25, 0.3) is 5.91 Å². The highest BCUT2D eigenvalue weighted by Crippen LogP contribution is 2.42. The summed E-state index contributed by atoms with van der Waals surface area (Å²) in [4.78, 5) is 29.1. The molecule has 2 aromatic rings. The molecular weight excluding hydrogens is 446 g/mol. The van der Waals surface area contributed by atoms with Crippen molar-refractivity contribution in [2.75, 3.05) is 39.2 Å². The molecule has 8 nitrogen and oxygen atoms in total. The number of amides is 2. The first kappa shape index (κ1) is 23.0. The number of carbonyl (C=O) groups is 2. The number of halogens is 1. The summed E-state index contributed by atoms with van der Waals surface area (Å²) < 4.78 is 16.0. The highest BCUT2D eigenvalue weighted by atomic mass is 35.5. The van der Waals surface area contributed by atoms with Crippen LogP contribution in [0.3, 0.4) is 0 Å². The van der Waals surface area contributed by atoms with Gasteiger partial charge in [0.2, 0.25) is 0 Å². The standard InChI is InChI=1S/C24H28ClN3O5/c1-4-33-24(30)27-11-9-15(10-12-27)28-22(16-7-5-6-8-17(16)23(28)29)26-19-13-18(25)20(31-2)14-21(19)32-3/h5-8,13-15,22,26H,4,9-12H2,1-3H3/t22-/m1/s1. The van der Waals surface area contributed by atoms with Gasteiger partial charge >= 0.3 is 6.09 Å². The number of nitrogens with one attached hydrogen (secondary N) is 1. The molecule has 2 aliphatic rings. The molecule has 1 N–H and O–H groups in total. The first-order valence-electron chi connectivity index (χ1n) is 11.0. The summed E-state index contributed by atoms with van der Waals surface area (Å²) in [6.07, 6.45) is 0.625. The van der Waals surface area contributed by atoms with E-state index in [1.807, 2.05) is 29.2 Å². The predicted molar refractivity (Wildman–Crippen MR) is 125 cm³/mol. The zero-order chi connectivity index (χ0) is 23.5. The number of rotatable bonds is 6. The molecule has 0 bridgehead atoms. The van der Waals surface area contributed by atoms with E-state index in [2.05, 4.69) is 5.32 Å². The Hall–Kier alpha value is -3.13. The van der Waals surface area contributed by atoms with Crippen molar-refractivity contribution in [1.82, 2.24) is 9.80 Å². The second-order valence-electron chi connectivity index (χ2n) is 7.95. The lowest BCUT2D eigenvalue weighted by Crippen LogP contribution is -2.49. The molecule has 0 spiro atoms. The zero-order valence-electron chi connectivity index (χ0n) is 19.0. The van der Waals surface area contributed by atoms with Crippen LogP contribution in [0.4, 0.5) is 10.5 Å². The van der Waals surface area contributed by atoms with Gasteiger partial charge in [0.05, 0.1) is 31.5 Å². The van der Waals surface area contributed by atoms with Crippen LogP contribution in [0, 0.1) is 0 Å². The van der Waals surface area contributed by atoms with Crippen LogP contribution in [0.5, 0.6) is 11.5 Å². The summed E-state index contributed by atoms with van der Waals surface area (Å²) in [5.74, 6) is 1.03. The fourth-order valence-corrected chi connectivity index (χ4v) is 4.76. The molecule has 9 heteroatoms. The van der Waals surface area contributed by atoms with Crippen LogP contribution in [-0.2, 0) is 4.74 Å². The number of fused-ring (bicyclic) bond motifs is 1. The third-order valence-corrected chi connectivity index (χ3v) is 6.44. The van der Waals surface area contributed by atoms with Crippen LogP contribution < -0.4 is 14.8 Å².